The first-order valence-electron chi connectivity index (χ1n) is 10.3. The third-order valence-electron chi connectivity index (χ3n) is 4.99. The van der Waals surface area contributed by atoms with Gasteiger partial charge in [0.05, 0.1) is 12.0 Å². The van der Waals surface area contributed by atoms with Gasteiger partial charge in [-0.3, -0.25) is 19.8 Å². The number of nitrogens with zero attached hydrogens (tertiary/aromatic N) is 2. The third-order valence-corrected chi connectivity index (χ3v) is 4.99. The molecule has 10 heteroatoms. The number of hydrogen-bond donors (Lipinski definition) is 2. The summed E-state index contributed by atoms with van der Waals surface area (Å²) in [5.41, 5.74) is 1.33. The highest BCUT2D eigenvalue weighted by Crippen LogP contribution is 2.21. The van der Waals surface area contributed by atoms with Gasteiger partial charge in [-0.05, 0) is 49.4 Å². The normalized spacial score (nSPS) is 10.3. The minimum absolute atomic E-state index is 0.0451. The van der Waals surface area contributed by atoms with Gasteiger partial charge in [-0.1, -0.05) is 12.1 Å². The number of methoxy groups -OCH3 is 1. The molecule has 34 heavy (non-hydrogen) atoms. The molecule has 176 valence electrons. The smallest absolute Gasteiger partial charge is 0.326 e. The van der Waals surface area contributed by atoms with Gasteiger partial charge in [-0.2, -0.15) is 0 Å². The number of carbonyl (C=O) groups excluding carboxylic acids is 2. The van der Waals surface area contributed by atoms with Gasteiger partial charge in [-0.25, -0.2) is 9.18 Å². The second kappa shape index (κ2) is 10.9. The number of ether oxygens (including phenoxy) is 1. The molecule has 0 saturated heterocycles. The zero-order valence-corrected chi connectivity index (χ0v) is 18.6. The molecule has 3 amide bonds. The molecule has 0 bridgehead atoms. The Morgan fingerprint density at radius 3 is 2.50 bits per heavy atom. The zero-order valence-electron chi connectivity index (χ0n) is 18.6. The number of benzene rings is 3. The van der Waals surface area contributed by atoms with E-state index in [1.54, 1.807) is 31.2 Å². The average Bonchev–Trinajstić information content (AvgIpc) is 2.82. The molecule has 0 aliphatic rings. The number of hydrogen-bond acceptors (Lipinski definition) is 5. The van der Waals surface area contributed by atoms with E-state index in [9.17, 15) is 24.1 Å². The van der Waals surface area contributed by atoms with Gasteiger partial charge >= 0.3 is 6.03 Å². The fourth-order valence-corrected chi connectivity index (χ4v) is 3.19. The molecule has 0 saturated carbocycles. The van der Waals surface area contributed by atoms with Crippen LogP contribution >= 0.6 is 0 Å². The molecule has 3 rings (SSSR count). The number of halogens is 1. The first-order chi connectivity index (χ1) is 16.3. The molecule has 0 unspecified atom stereocenters. The molecular formula is C24H23FN4O5. The van der Waals surface area contributed by atoms with Crippen LogP contribution in [-0.2, 0) is 0 Å². The van der Waals surface area contributed by atoms with Crippen molar-refractivity contribution in [1.82, 2.24) is 5.32 Å². The van der Waals surface area contributed by atoms with E-state index in [0.29, 0.717) is 22.7 Å². The zero-order chi connectivity index (χ0) is 24.7. The van der Waals surface area contributed by atoms with Crippen LogP contribution in [-0.4, -0.2) is 37.1 Å². The van der Waals surface area contributed by atoms with Crippen LogP contribution < -0.4 is 20.3 Å². The predicted molar refractivity (Wildman–Crippen MR) is 126 cm³/mol. The van der Waals surface area contributed by atoms with E-state index in [-0.39, 0.29) is 24.3 Å². The Morgan fingerprint density at radius 2 is 1.82 bits per heavy atom. The lowest BCUT2D eigenvalue weighted by atomic mass is 10.1. The van der Waals surface area contributed by atoms with Crippen LogP contribution in [0.25, 0.3) is 0 Å². The van der Waals surface area contributed by atoms with Crippen LogP contribution in [0.4, 0.5) is 26.2 Å². The summed E-state index contributed by atoms with van der Waals surface area (Å²) in [6, 6.07) is 15.8. The Kier molecular flexibility index (Phi) is 7.75. The largest absolute Gasteiger partial charge is 0.497 e. The Balaban J connectivity index is 1.72. The minimum atomic E-state index is -0.550. The molecule has 3 aromatic rings. The van der Waals surface area contributed by atoms with E-state index in [1.165, 1.54) is 54.5 Å². The predicted octanol–water partition coefficient (Wildman–Crippen LogP) is 4.52. The van der Waals surface area contributed by atoms with Crippen molar-refractivity contribution in [2.75, 3.05) is 30.4 Å². The van der Waals surface area contributed by atoms with Crippen molar-refractivity contribution in [3.05, 3.63) is 93.8 Å². The standard InChI is InChI=1S/C24H23FN4O5/c1-16-6-7-17(14-22(16)29(32)33)23(30)26-12-13-28(20-10-8-18(25)9-11-20)24(31)27-19-4-3-5-21(15-19)34-2/h3-11,14-15H,12-13H2,1-2H3,(H,26,30)(H,27,31). The van der Waals surface area contributed by atoms with E-state index in [2.05, 4.69) is 10.6 Å². The fourth-order valence-electron chi connectivity index (χ4n) is 3.19. The van der Waals surface area contributed by atoms with Gasteiger partial charge in [0.1, 0.15) is 11.6 Å². The molecule has 0 heterocycles. The summed E-state index contributed by atoms with van der Waals surface area (Å²) in [6.07, 6.45) is 0. The van der Waals surface area contributed by atoms with Crippen molar-refractivity contribution in [2.24, 2.45) is 0 Å². The van der Waals surface area contributed by atoms with Gasteiger partial charge in [0, 0.05) is 47.7 Å². The Labute approximate surface area is 195 Å². The summed E-state index contributed by atoms with van der Waals surface area (Å²) in [4.78, 5) is 37.4. The number of anilines is 2. The number of aryl methyl sites for hydroxylation is 1. The van der Waals surface area contributed by atoms with E-state index < -0.39 is 22.7 Å². The Hall–Kier alpha value is -4.47. The summed E-state index contributed by atoms with van der Waals surface area (Å²) in [5, 5.41) is 16.5. The van der Waals surface area contributed by atoms with Crippen LogP contribution in [0.15, 0.2) is 66.7 Å². The van der Waals surface area contributed by atoms with Crippen LogP contribution in [0.2, 0.25) is 0 Å². The van der Waals surface area contributed by atoms with E-state index >= 15 is 0 Å². The number of amides is 3. The molecule has 0 aromatic heterocycles. The molecule has 0 fully saturated rings. The maximum atomic E-state index is 13.4. The fraction of sp³-hybridized carbons (Fsp3) is 0.167. The SMILES string of the molecule is COc1cccc(NC(=O)N(CCNC(=O)c2ccc(C)c([N+](=O)[O-])c2)c2ccc(F)cc2)c1. The summed E-state index contributed by atoms with van der Waals surface area (Å²) < 4.78 is 18.6. The van der Waals surface area contributed by atoms with Gasteiger partial charge < -0.3 is 15.4 Å². The lowest BCUT2D eigenvalue weighted by Crippen LogP contribution is -2.41. The van der Waals surface area contributed by atoms with E-state index in [4.69, 9.17) is 4.74 Å². The Bertz CT molecular complexity index is 1200. The summed E-state index contributed by atoms with van der Waals surface area (Å²) >= 11 is 0. The Morgan fingerprint density at radius 1 is 1.09 bits per heavy atom. The average molecular weight is 466 g/mol. The molecule has 3 aromatic carbocycles. The van der Waals surface area contributed by atoms with Crippen molar-refractivity contribution < 1.29 is 23.6 Å². The second-order valence-electron chi connectivity index (χ2n) is 7.30. The van der Waals surface area contributed by atoms with Crippen molar-refractivity contribution >= 4 is 29.0 Å². The molecular weight excluding hydrogens is 443 g/mol. The van der Waals surface area contributed by atoms with Gasteiger partial charge in [-0.15, -0.1) is 0 Å². The first kappa shape index (κ1) is 24.2. The first-order valence-corrected chi connectivity index (χ1v) is 10.3. The lowest BCUT2D eigenvalue weighted by molar-refractivity contribution is -0.385. The molecule has 0 atom stereocenters. The van der Waals surface area contributed by atoms with Gasteiger partial charge in [0.2, 0.25) is 0 Å². The number of nitro groups is 1. The number of nitrogens with one attached hydrogen (secondary N) is 2. The van der Waals surface area contributed by atoms with Crippen molar-refractivity contribution in [2.45, 2.75) is 6.92 Å². The third kappa shape index (κ3) is 6.06. The van der Waals surface area contributed by atoms with Crippen molar-refractivity contribution in [1.29, 1.82) is 0 Å². The maximum Gasteiger partial charge on any atom is 0.326 e. The molecule has 9 nitrogen and oxygen atoms in total. The summed E-state index contributed by atoms with van der Waals surface area (Å²) in [6.45, 7) is 1.69. The summed E-state index contributed by atoms with van der Waals surface area (Å²) in [5.74, 6) is -0.410. The van der Waals surface area contributed by atoms with Crippen LogP contribution in [0, 0.1) is 22.9 Å². The highest BCUT2D eigenvalue weighted by Gasteiger charge is 2.18. The van der Waals surface area contributed by atoms with E-state index in [0.717, 1.165) is 0 Å². The number of rotatable bonds is 8. The highest BCUT2D eigenvalue weighted by atomic mass is 19.1. The second-order valence-corrected chi connectivity index (χ2v) is 7.30. The topological polar surface area (TPSA) is 114 Å². The molecule has 0 aliphatic carbocycles. The molecule has 0 aliphatic heterocycles. The van der Waals surface area contributed by atoms with Gasteiger partial charge in [0.15, 0.2) is 0 Å². The van der Waals surface area contributed by atoms with Crippen molar-refractivity contribution in [3.63, 3.8) is 0 Å². The van der Waals surface area contributed by atoms with E-state index in [1.807, 2.05) is 0 Å². The van der Waals surface area contributed by atoms with Crippen LogP contribution in [0.3, 0.4) is 0 Å². The summed E-state index contributed by atoms with van der Waals surface area (Å²) in [7, 11) is 1.51. The van der Waals surface area contributed by atoms with Crippen LogP contribution in [0.5, 0.6) is 5.75 Å². The van der Waals surface area contributed by atoms with Crippen molar-refractivity contribution in [3.8, 4) is 5.75 Å². The minimum Gasteiger partial charge on any atom is -0.497 e. The lowest BCUT2D eigenvalue weighted by Gasteiger charge is -2.23. The number of nitro benzene ring substituents is 1. The van der Waals surface area contributed by atoms with Gasteiger partial charge in [0.25, 0.3) is 11.6 Å². The molecule has 0 spiro atoms. The molecule has 2 N–H and O–H groups in total. The number of carbonyl (C=O) groups is 2. The van der Waals surface area contributed by atoms with Crippen LogP contribution in [0.1, 0.15) is 15.9 Å². The highest BCUT2D eigenvalue weighted by molar-refractivity contribution is 6.02. The molecule has 0 radical (unpaired) electrons. The quantitative estimate of drug-likeness (QED) is 0.374. The maximum absolute atomic E-state index is 13.4. The monoisotopic (exact) mass is 466 g/mol. The number of urea groups is 1.